The minimum Gasteiger partial charge on any atom is -0.303 e. The molecule has 34 heavy (non-hydrogen) atoms. The molecule has 0 amide bonds. The van der Waals surface area contributed by atoms with E-state index in [0.717, 1.165) is 5.92 Å². The van der Waals surface area contributed by atoms with Crippen LogP contribution in [0.15, 0.2) is 12.2 Å². The quantitative estimate of drug-likeness (QED) is 0.0799. The van der Waals surface area contributed by atoms with Gasteiger partial charge in [0, 0.05) is 0 Å². The summed E-state index contributed by atoms with van der Waals surface area (Å²) in [6.45, 7) is 17.7. The Balaban J connectivity index is 3.59. The predicted octanol–water partition coefficient (Wildman–Crippen LogP) is 11.5. The summed E-state index contributed by atoms with van der Waals surface area (Å²) in [4.78, 5) is 2.77. The molecule has 0 aliphatic carbocycles. The summed E-state index contributed by atoms with van der Waals surface area (Å²) in [5.41, 5.74) is 1.51. The average molecular weight is 478 g/mol. The highest BCUT2D eigenvalue weighted by Crippen LogP contribution is 2.17. The van der Waals surface area contributed by atoms with Gasteiger partial charge in [0.2, 0.25) is 0 Å². The van der Waals surface area contributed by atoms with Crippen LogP contribution in [0.5, 0.6) is 0 Å². The van der Waals surface area contributed by atoms with Crippen LogP contribution >= 0.6 is 0 Å². The molecule has 0 saturated heterocycles. The van der Waals surface area contributed by atoms with Crippen LogP contribution in [0.25, 0.3) is 0 Å². The maximum absolute atomic E-state index is 4.35. The van der Waals surface area contributed by atoms with E-state index in [1.807, 2.05) is 0 Å². The summed E-state index contributed by atoms with van der Waals surface area (Å²) in [7, 11) is 0. The molecule has 0 rings (SSSR count). The van der Waals surface area contributed by atoms with Crippen molar-refractivity contribution in [1.29, 1.82) is 0 Å². The molecule has 0 aliphatic rings. The van der Waals surface area contributed by atoms with E-state index in [0.29, 0.717) is 0 Å². The van der Waals surface area contributed by atoms with Gasteiger partial charge in [0.25, 0.3) is 0 Å². The van der Waals surface area contributed by atoms with Crippen LogP contribution in [-0.2, 0) is 0 Å². The number of hydrogen-bond acceptors (Lipinski definition) is 1. The van der Waals surface area contributed by atoms with Gasteiger partial charge in [0.15, 0.2) is 0 Å². The predicted molar refractivity (Wildman–Crippen MR) is 158 cm³/mol. The Labute approximate surface area is 217 Å². The normalized spacial score (nSPS) is 11.7. The van der Waals surface area contributed by atoms with Crippen LogP contribution in [-0.4, -0.2) is 24.5 Å². The van der Waals surface area contributed by atoms with Gasteiger partial charge < -0.3 is 4.90 Å². The van der Waals surface area contributed by atoms with Crippen LogP contribution in [0.2, 0.25) is 0 Å². The average Bonchev–Trinajstić information content (AvgIpc) is 2.82. The van der Waals surface area contributed by atoms with Gasteiger partial charge in [-0.15, -0.1) is 0 Å². The second-order valence-electron chi connectivity index (χ2n) is 11.6. The minimum atomic E-state index is 0.878. The molecule has 0 bridgehead atoms. The van der Waals surface area contributed by atoms with Gasteiger partial charge >= 0.3 is 0 Å². The lowest BCUT2D eigenvalue weighted by Gasteiger charge is -2.22. The first-order valence-electron chi connectivity index (χ1n) is 16.0. The second-order valence-corrected chi connectivity index (χ2v) is 11.6. The van der Waals surface area contributed by atoms with E-state index in [1.165, 1.54) is 173 Å². The summed E-state index contributed by atoms with van der Waals surface area (Å²) in [6, 6.07) is 0. The molecule has 0 N–H and O–H groups in total. The summed E-state index contributed by atoms with van der Waals surface area (Å²) in [6.07, 6.45) is 32.2. The fourth-order valence-corrected chi connectivity index (χ4v) is 5.01. The lowest BCUT2D eigenvalue weighted by Crippen LogP contribution is -2.27. The van der Waals surface area contributed by atoms with Crippen molar-refractivity contribution in [2.75, 3.05) is 19.6 Å². The Morgan fingerprint density at radius 3 is 1.35 bits per heavy atom. The van der Waals surface area contributed by atoms with Crippen LogP contribution in [0, 0.1) is 5.92 Å². The van der Waals surface area contributed by atoms with Gasteiger partial charge in [-0.1, -0.05) is 143 Å². The number of allylic oxidation sites excluding steroid dienone is 1. The van der Waals surface area contributed by atoms with E-state index < -0.39 is 0 Å². The van der Waals surface area contributed by atoms with E-state index in [-0.39, 0.29) is 0 Å². The van der Waals surface area contributed by atoms with E-state index >= 15 is 0 Å². The van der Waals surface area contributed by atoms with Crippen LogP contribution in [0.1, 0.15) is 175 Å². The highest BCUT2D eigenvalue weighted by molar-refractivity contribution is 4.93. The first-order chi connectivity index (χ1) is 16.6. The number of nitrogens with zero attached hydrogens (tertiary/aromatic N) is 1. The van der Waals surface area contributed by atoms with Gasteiger partial charge in [-0.2, -0.15) is 0 Å². The number of hydrogen-bond donors (Lipinski definition) is 0. The zero-order valence-electron chi connectivity index (χ0n) is 24.6. The van der Waals surface area contributed by atoms with Crippen molar-refractivity contribution in [3.8, 4) is 0 Å². The van der Waals surface area contributed by atoms with E-state index in [4.69, 9.17) is 0 Å². The molecule has 0 aliphatic heterocycles. The SMILES string of the molecule is C=C(CCCCCCCCCC)CCCCCCCN(CCCC)CCCCCCCC(C)C. The standard InChI is InChI=1S/C33H67N/c1-6-8-10-11-12-13-17-22-27-33(5)28-23-18-15-20-25-31-34(29-9-7-2)30-24-19-14-16-21-26-32(3)4/h32H,5-31H2,1-4H3. The van der Waals surface area contributed by atoms with Crippen molar-refractivity contribution in [2.45, 2.75) is 175 Å². The zero-order chi connectivity index (χ0) is 25.1. The third-order valence-electron chi connectivity index (χ3n) is 7.47. The Hall–Kier alpha value is -0.300. The smallest absolute Gasteiger partial charge is 0.00187 e. The Kier molecular flexibility index (Phi) is 27.0. The molecule has 1 nitrogen and oxygen atoms in total. The fraction of sp³-hybridized carbons (Fsp3) is 0.939. The molecule has 0 spiro atoms. The molecule has 1 heteroatoms. The van der Waals surface area contributed by atoms with Crippen molar-refractivity contribution < 1.29 is 0 Å². The van der Waals surface area contributed by atoms with Crippen molar-refractivity contribution in [1.82, 2.24) is 4.90 Å². The van der Waals surface area contributed by atoms with Gasteiger partial charge in [0.05, 0.1) is 0 Å². The molecular weight excluding hydrogens is 410 g/mol. The van der Waals surface area contributed by atoms with Gasteiger partial charge in [0.1, 0.15) is 0 Å². The molecule has 0 aromatic heterocycles. The monoisotopic (exact) mass is 478 g/mol. The summed E-state index contributed by atoms with van der Waals surface area (Å²) >= 11 is 0. The van der Waals surface area contributed by atoms with Crippen molar-refractivity contribution in [2.24, 2.45) is 5.92 Å². The van der Waals surface area contributed by atoms with E-state index in [1.54, 1.807) is 0 Å². The lowest BCUT2D eigenvalue weighted by atomic mass is 10.0. The molecule has 0 radical (unpaired) electrons. The molecular formula is C33H67N. The Morgan fingerprint density at radius 2 is 0.882 bits per heavy atom. The third kappa shape index (κ3) is 26.3. The summed E-state index contributed by atoms with van der Waals surface area (Å²) in [5, 5.41) is 0. The largest absolute Gasteiger partial charge is 0.303 e. The van der Waals surface area contributed by atoms with Crippen LogP contribution < -0.4 is 0 Å². The molecule has 0 unspecified atom stereocenters. The highest BCUT2D eigenvalue weighted by atomic mass is 15.1. The molecule has 204 valence electrons. The van der Waals surface area contributed by atoms with E-state index in [2.05, 4.69) is 39.2 Å². The maximum Gasteiger partial charge on any atom is -0.00187 e. The first-order valence-corrected chi connectivity index (χ1v) is 16.0. The van der Waals surface area contributed by atoms with Crippen LogP contribution in [0.3, 0.4) is 0 Å². The van der Waals surface area contributed by atoms with Gasteiger partial charge in [-0.05, 0) is 70.5 Å². The van der Waals surface area contributed by atoms with Crippen LogP contribution in [0.4, 0.5) is 0 Å². The van der Waals surface area contributed by atoms with Crippen molar-refractivity contribution in [3.05, 3.63) is 12.2 Å². The fourth-order valence-electron chi connectivity index (χ4n) is 5.01. The summed E-state index contributed by atoms with van der Waals surface area (Å²) < 4.78 is 0. The van der Waals surface area contributed by atoms with Gasteiger partial charge in [-0.25, -0.2) is 0 Å². The number of unbranched alkanes of at least 4 members (excludes halogenated alkanes) is 16. The molecule has 0 fully saturated rings. The zero-order valence-corrected chi connectivity index (χ0v) is 24.6. The molecule has 0 heterocycles. The van der Waals surface area contributed by atoms with Crippen molar-refractivity contribution >= 4 is 0 Å². The maximum atomic E-state index is 4.35. The first kappa shape index (κ1) is 33.7. The minimum absolute atomic E-state index is 0.878. The van der Waals surface area contributed by atoms with Crippen molar-refractivity contribution in [3.63, 3.8) is 0 Å². The molecule has 0 saturated carbocycles. The third-order valence-corrected chi connectivity index (χ3v) is 7.47. The van der Waals surface area contributed by atoms with Gasteiger partial charge in [-0.3, -0.25) is 0 Å². The summed E-state index contributed by atoms with van der Waals surface area (Å²) in [5.74, 6) is 0.878. The Morgan fingerprint density at radius 1 is 0.500 bits per heavy atom. The Bertz CT molecular complexity index is 399. The van der Waals surface area contributed by atoms with E-state index in [9.17, 15) is 0 Å². The highest BCUT2D eigenvalue weighted by Gasteiger charge is 2.05. The second kappa shape index (κ2) is 27.3. The molecule has 0 atom stereocenters. The lowest BCUT2D eigenvalue weighted by molar-refractivity contribution is 0.256. The molecule has 0 aromatic carbocycles. The topological polar surface area (TPSA) is 3.24 Å². The molecule has 0 aromatic rings. The number of rotatable bonds is 28.